The third-order valence-corrected chi connectivity index (χ3v) is 5.71. The van der Waals surface area contributed by atoms with Crippen LogP contribution >= 0.6 is 11.8 Å². The van der Waals surface area contributed by atoms with E-state index in [9.17, 15) is 14.4 Å². The normalized spacial score (nSPS) is 10.9. The van der Waals surface area contributed by atoms with Gasteiger partial charge in [0, 0.05) is 13.0 Å². The number of aryl methyl sites for hydroxylation is 1. The molecular formula is C21H27N7O3S. The van der Waals surface area contributed by atoms with Gasteiger partial charge in [0.2, 0.25) is 11.1 Å². The number of aromatic amines is 2. The maximum absolute atomic E-state index is 13.1. The first-order chi connectivity index (χ1) is 15.4. The summed E-state index contributed by atoms with van der Waals surface area (Å²) < 4.78 is 1.27. The molecule has 0 aliphatic carbocycles. The number of carbonyl (C=O) groups excluding carboxylic acids is 1. The van der Waals surface area contributed by atoms with Crippen molar-refractivity contribution in [3.05, 3.63) is 62.6 Å². The van der Waals surface area contributed by atoms with Crippen molar-refractivity contribution in [3.8, 4) is 0 Å². The van der Waals surface area contributed by atoms with Gasteiger partial charge in [0.05, 0.1) is 12.3 Å². The second kappa shape index (κ2) is 10.8. The molecule has 1 amide bonds. The van der Waals surface area contributed by atoms with E-state index in [2.05, 4.69) is 20.2 Å². The van der Waals surface area contributed by atoms with E-state index in [0.717, 1.165) is 17.8 Å². The molecule has 2 heterocycles. The van der Waals surface area contributed by atoms with Gasteiger partial charge in [-0.2, -0.15) is 0 Å². The molecule has 0 saturated carbocycles. The molecule has 0 radical (unpaired) electrons. The summed E-state index contributed by atoms with van der Waals surface area (Å²) in [6, 6.07) is 9.28. The summed E-state index contributed by atoms with van der Waals surface area (Å²) >= 11 is 1.18. The van der Waals surface area contributed by atoms with Crippen molar-refractivity contribution in [1.29, 1.82) is 0 Å². The Morgan fingerprint density at radius 3 is 2.62 bits per heavy atom. The van der Waals surface area contributed by atoms with Crippen LogP contribution in [0, 0.1) is 0 Å². The molecule has 170 valence electrons. The van der Waals surface area contributed by atoms with Crippen LogP contribution in [0.15, 0.2) is 45.1 Å². The molecule has 32 heavy (non-hydrogen) atoms. The first kappa shape index (κ1) is 23.3. The first-order valence-electron chi connectivity index (χ1n) is 10.5. The minimum Gasteiger partial charge on any atom is -0.383 e. The summed E-state index contributed by atoms with van der Waals surface area (Å²) in [6.45, 7) is 4.42. The molecule has 3 aromatic rings. The van der Waals surface area contributed by atoms with Crippen molar-refractivity contribution < 1.29 is 4.79 Å². The van der Waals surface area contributed by atoms with Gasteiger partial charge in [-0.15, -0.1) is 5.10 Å². The Morgan fingerprint density at radius 1 is 1.22 bits per heavy atom. The van der Waals surface area contributed by atoms with Crippen LogP contribution in [0.2, 0.25) is 0 Å². The second-order valence-electron chi connectivity index (χ2n) is 7.17. The molecule has 10 nitrogen and oxygen atoms in total. The molecule has 0 bridgehead atoms. The van der Waals surface area contributed by atoms with Crippen LogP contribution in [0.25, 0.3) is 0 Å². The van der Waals surface area contributed by atoms with Crippen molar-refractivity contribution in [2.45, 2.75) is 44.8 Å². The van der Waals surface area contributed by atoms with Gasteiger partial charge in [-0.25, -0.2) is 9.78 Å². The number of nitrogens with zero attached hydrogens (tertiary/aromatic N) is 4. The molecular weight excluding hydrogens is 430 g/mol. The minimum absolute atomic E-state index is 0.0104. The first-order valence-corrected chi connectivity index (χ1v) is 11.4. The Morgan fingerprint density at radius 2 is 1.97 bits per heavy atom. The van der Waals surface area contributed by atoms with Crippen LogP contribution in [0.5, 0.6) is 0 Å². The van der Waals surface area contributed by atoms with E-state index >= 15 is 0 Å². The van der Waals surface area contributed by atoms with Crippen molar-refractivity contribution in [2.75, 3.05) is 22.9 Å². The second-order valence-corrected chi connectivity index (χ2v) is 8.11. The summed E-state index contributed by atoms with van der Waals surface area (Å²) in [5.74, 6) is 0.412. The van der Waals surface area contributed by atoms with Crippen molar-refractivity contribution in [3.63, 3.8) is 0 Å². The quantitative estimate of drug-likeness (QED) is 0.394. The van der Waals surface area contributed by atoms with Gasteiger partial charge in [0.15, 0.2) is 5.69 Å². The number of H-pyrrole nitrogens is 2. The summed E-state index contributed by atoms with van der Waals surface area (Å²) in [7, 11) is 0. The Balaban J connectivity index is 1.91. The highest BCUT2D eigenvalue weighted by molar-refractivity contribution is 7.99. The average Bonchev–Trinajstić information content (AvgIpc) is 3.26. The van der Waals surface area contributed by atoms with E-state index < -0.39 is 11.2 Å². The largest absolute Gasteiger partial charge is 0.383 e. The Kier molecular flexibility index (Phi) is 7.87. The zero-order chi connectivity index (χ0) is 23.1. The smallest absolute Gasteiger partial charge is 0.330 e. The van der Waals surface area contributed by atoms with Gasteiger partial charge in [-0.05, 0) is 12.0 Å². The number of hydrogen-bond acceptors (Lipinski definition) is 7. The van der Waals surface area contributed by atoms with Crippen molar-refractivity contribution >= 4 is 29.2 Å². The molecule has 0 unspecified atom stereocenters. The molecule has 3 rings (SSSR count). The van der Waals surface area contributed by atoms with Gasteiger partial charge in [-0.3, -0.25) is 24.2 Å². The Bertz CT molecular complexity index is 1170. The maximum atomic E-state index is 13.1. The van der Waals surface area contributed by atoms with E-state index in [1.807, 2.05) is 44.2 Å². The molecule has 0 aliphatic rings. The lowest BCUT2D eigenvalue weighted by Crippen LogP contribution is -2.42. The highest BCUT2D eigenvalue weighted by Gasteiger charge is 2.24. The van der Waals surface area contributed by atoms with Crippen LogP contribution in [-0.4, -0.2) is 42.9 Å². The average molecular weight is 458 g/mol. The maximum Gasteiger partial charge on any atom is 0.330 e. The van der Waals surface area contributed by atoms with E-state index in [1.165, 1.54) is 21.2 Å². The third-order valence-electron chi connectivity index (χ3n) is 4.87. The zero-order valence-corrected chi connectivity index (χ0v) is 18.9. The number of thioether (sulfide) groups is 1. The number of carbonyl (C=O) groups is 1. The monoisotopic (exact) mass is 457 g/mol. The number of amides is 1. The molecule has 0 atom stereocenters. The predicted molar refractivity (Wildman–Crippen MR) is 125 cm³/mol. The number of aromatic nitrogens is 5. The molecule has 4 N–H and O–H groups in total. The number of nitrogens with one attached hydrogen (secondary N) is 2. The van der Waals surface area contributed by atoms with Gasteiger partial charge in [-0.1, -0.05) is 62.4 Å². The topological polar surface area (TPSA) is 143 Å². The number of rotatable bonds is 10. The predicted octanol–water partition coefficient (Wildman–Crippen LogP) is 1.77. The molecule has 0 spiro atoms. The van der Waals surface area contributed by atoms with E-state index in [0.29, 0.717) is 24.5 Å². The van der Waals surface area contributed by atoms with Crippen molar-refractivity contribution in [1.82, 2.24) is 24.7 Å². The highest BCUT2D eigenvalue weighted by atomic mass is 32.2. The summed E-state index contributed by atoms with van der Waals surface area (Å²) in [6.07, 6.45) is 2.20. The number of benzene rings is 1. The fourth-order valence-electron chi connectivity index (χ4n) is 3.14. The zero-order valence-electron chi connectivity index (χ0n) is 18.1. The molecule has 0 aliphatic heterocycles. The Hall–Kier alpha value is -3.34. The molecule has 0 saturated heterocycles. The lowest BCUT2D eigenvalue weighted by molar-refractivity contribution is -0.116. The molecule has 11 heteroatoms. The third kappa shape index (κ3) is 5.47. The van der Waals surface area contributed by atoms with Crippen LogP contribution in [-0.2, 0) is 17.8 Å². The molecule has 2 aromatic heterocycles. The van der Waals surface area contributed by atoms with Crippen LogP contribution in [0.3, 0.4) is 0 Å². The summed E-state index contributed by atoms with van der Waals surface area (Å²) in [4.78, 5) is 46.2. The lowest BCUT2D eigenvalue weighted by Gasteiger charge is -2.24. The van der Waals surface area contributed by atoms with E-state index in [-0.39, 0.29) is 29.7 Å². The van der Waals surface area contributed by atoms with Gasteiger partial charge >= 0.3 is 5.69 Å². The van der Waals surface area contributed by atoms with Gasteiger partial charge in [0.1, 0.15) is 11.6 Å². The summed E-state index contributed by atoms with van der Waals surface area (Å²) in [5.41, 5.74) is 5.82. The number of nitrogen functional groups attached to an aromatic ring is 1. The molecule has 0 fully saturated rings. The fourth-order valence-corrected chi connectivity index (χ4v) is 3.84. The highest BCUT2D eigenvalue weighted by Crippen LogP contribution is 2.21. The molecule has 1 aromatic carbocycles. The number of unbranched alkanes of at least 4 members (excludes halogenated alkanes) is 1. The van der Waals surface area contributed by atoms with Crippen LogP contribution < -0.4 is 21.9 Å². The number of hydrogen-bond donors (Lipinski definition) is 3. The summed E-state index contributed by atoms with van der Waals surface area (Å²) in [5, 5.41) is 7.35. The minimum atomic E-state index is -0.683. The number of anilines is 2. The SMILES string of the molecule is CCCCN(C(=O)CSc1n[nH]c(CC)n1)c1c(N)n(Cc2ccccc2)c(=O)[nH]c1=O. The standard InChI is InChI=1S/C21H27N7O3S/c1-3-5-11-27(16(29)13-32-20-23-15(4-2)25-26-20)17-18(22)28(21(31)24-19(17)30)12-14-9-7-6-8-10-14/h6-10H,3-5,11-13,22H2,1-2H3,(H,23,25,26)(H,24,30,31). The van der Waals surface area contributed by atoms with E-state index in [4.69, 9.17) is 5.73 Å². The number of nitrogens with two attached hydrogens (primary N) is 1. The lowest BCUT2D eigenvalue weighted by atomic mass is 10.2. The Labute approximate surface area is 189 Å². The van der Waals surface area contributed by atoms with E-state index in [1.54, 1.807) is 0 Å². The van der Waals surface area contributed by atoms with Crippen LogP contribution in [0.4, 0.5) is 11.5 Å². The fraction of sp³-hybridized carbons (Fsp3) is 0.381. The van der Waals surface area contributed by atoms with Crippen LogP contribution in [0.1, 0.15) is 38.1 Å². The van der Waals surface area contributed by atoms with Gasteiger partial charge in [0.25, 0.3) is 5.56 Å². The van der Waals surface area contributed by atoms with Crippen molar-refractivity contribution in [2.24, 2.45) is 0 Å². The van der Waals surface area contributed by atoms with Gasteiger partial charge < -0.3 is 10.6 Å².